The monoisotopic (exact) mass is 305 g/mol. The van der Waals surface area contributed by atoms with E-state index in [1.165, 1.54) is 16.7 Å². The van der Waals surface area contributed by atoms with Crippen LogP contribution in [0.3, 0.4) is 0 Å². The predicted molar refractivity (Wildman–Crippen MR) is 95.2 cm³/mol. The van der Waals surface area contributed by atoms with Crippen molar-refractivity contribution in [2.24, 2.45) is 0 Å². The van der Waals surface area contributed by atoms with Gasteiger partial charge in [-0.1, -0.05) is 69.0 Å². The summed E-state index contributed by atoms with van der Waals surface area (Å²) in [5, 5.41) is 2.86. The summed E-state index contributed by atoms with van der Waals surface area (Å²) in [6.45, 7) is 8.24. The highest BCUT2D eigenvalue weighted by Gasteiger charge is 2.25. The Morgan fingerprint density at radius 2 is 1.57 bits per heavy atom. The Balaban J connectivity index is 1.79. The Morgan fingerprint density at radius 3 is 2.09 bits per heavy atom. The van der Waals surface area contributed by atoms with E-state index < -0.39 is 0 Å². The molecule has 1 saturated heterocycles. The van der Waals surface area contributed by atoms with Gasteiger partial charge in [-0.25, -0.2) is 0 Å². The van der Waals surface area contributed by atoms with E-state index in [2.05, 4.69) is 74.3 Å². The van der Waals surface area contributed by atoms with Crippen LogP contribution in [-0.2, 0) is 4.79 Å². The Morgan fingerprint density at radius 1 is 1.00 bits per heavy atom. The van der Waals surface area contributed by atoms with Gasteiger partial charge < -0.3 is 5.32 Å². The molecule has 2 heteroatoms. The van der Waals surface area contributed by atoms with Crippen molar-refractivity contribution in [3.05, 3.63) is 71.9 Å². The largest absolute Gasteiger partial charge is 0.330 e. The first kappa shape index (κ1) is 15.5. The van der Waals surface area contributed by atoms with Crippen LogP contribution < -0.4 is 5.32 Å². The number of amides is 1. The van der Waals surface area contributed by atoms with Crippen molar-refractivity contribution in [1.29, 1.82) is 0 Å². The van der Waals surface area contributed by atoms with Crippen molar-refractivity contribution < 1.29 is 4.79 Å². The molecule has 1 fully saturated rings. The van der Waals surface area contributed by atoms with Crippen LogP contribution in [-0.4, -0.2) is 5.91 Å². The molecule has 2 aromatic rings. The molecular weight excluding hydrogens is 282 g/mol. The summed E-state index contributed by atoms with van der Waals surface area (Å²) in [6.07, 6.45) is 1.70. The highest BCUT2D eigenvalue weighted by molar-refractivity contribution is 5.86. The van der Waals surface area contributed by atoms with E-state index in [0.717, 1.165) is 24.1 Å². The topological polar surface area (TPSA) is 29.1 Å². The quantitative estimate of drug-likeness (QED) is 0.851. The molecule has 118 valence electrons. The molecular formula is C21H23NO. The van der Waals surface area contributed by atoms with E-state index in [0.29, 0.717) is 5.92 Å². The molecule has 0 aliphatic carbocycles. The molecule has 0 bridgehead atoms. The van der Waals surface area contributed by atoms with Crippen molar-refractivity contribution in [2.75, 3.05) is 0 Å². The minimum absolute atomic E-state index is 0.0575. The molecule has 23 heavy (non-hydrogen) atoms. The summed E-state index contributed by atoms with van der Waals surface area (Å²) in [7, 11) is 0. The lowest BCUT2D eigenvalue weighted by molar-refractivity contribution is -0.122. The highest BCUT2D eigenvalue weighted by Crippen LogP contribution is 2.29. The SMILES string of the molecule is C=C1CCC(c2ccc(-c3ccc(C(C)C)cc3)cc2)C(=O)N1. The summed E-state index contributed by atoms with van der Waals surface area (Å²) >= 11 is 0. The van der Waals surface area contributed by atoms with Crippen LogP contribution >= 0.6 is 0 Å². The van der Waals surface area contributed by atoms with Crippen molar-refractivity contribution in [1.82, 2.24) is 5.32 Å². The first-order valence-corrected chi connectivity index (χ1v) is 8.23. The number of piperidine rings is 1. The molecule has 2 nitrogen and oxygen atoms in total. The van der Waals surface area contributed by atoms with Gasteiger partial charge >= 0.3 is 0 Å². The smallest absolute Gasteiger partial charge is 0.231 e. The Kier molecular flexibility index (Phi) is 4.33. The normalized spacial score (nSPS) is 18.1. The first-order chi connectivity index (χ1) is 11.0. The fourth-order valence-corrected chi connectivity index (χ4v) is 3.06. The van der Waals surface area contributed by atoms with Gasteiger partial charge in [-0.15, -0.1) is 0 Å². The Hall–Kier alpha value is -2.35. The number of rotatable bonds is 3. The number of hydrogen-bond donors (Lipinski definition) is 1. The third-order valence-electron chi connectivity index (χ3n) is 4.57. The molecule has 0 aromatic heterocycles. The van der Waals surface area contributed by atoms with E-state index in [4.69, 9.17) is 0 Å². The van der Waals surface area contributed by atoms with Crippen LogP contribution in [0.2, 0.25) is 0 Å². The van der Waals surface area contributed by atoms with Gasteiger partial charge in [0, 0.05) is 5.70 Å². The summed E-state index contributed by atoms with van der Waals surface area (Å²) in [4.78, 5) is 12.1. The molecule has 1 aliphatic heterocycles. The van der Waals surface area contributed by atoms with Crippen LogP contribution in [0.15, 0.2) is 60.8 Å². The fourth-order valence-electron chi connectivity index (χ4n) is 3.06. The van der Waals surface area contributed by atoms with Gasteiger partial charge in [0.15, 0.2) is 0 Å². The van der Waals surface area contributed by atoms with Crippen molar-refractivity contribution in [2.45, 2.75) is 38.5 Å². The second kappa shape index (κ2) is 6.41. The average Bonchev–Trinajstić information content (AvgIpc) is 2.55. The first-order valence-electron chi connectivity index (χ1n) is 8.23. The summed E-state index contributed by atoms with van der Waals surface area (Å²) in [6, 6.07) is 17.1. The maximum absolute atomic E-state index is 12.1. The van der Waals surface area contributed by atoms with Gasteiger partial charge in [0.05, 0.1) is 5.92 Å². The van der Waals surface area contributed by atoms with E-state index >= 15 is 0 Å². The molecule has 2 aromatic carbocycles. The Labute approximate surface area is 138 Å². The summed E-state index contributed by atoms with van der Waals surface area (Å²) in [5.41, 5.74) is 5.65. The molecule has 1 unspecified atom stereocenters. The minimum atomic E-state index is -0.0575. The molecule has 1 N–H and O–H groups in total. The lowest BCUT2D eigenvalue weighted by atomic mass is 9.89. The van der Waals surface area contributed by atoms with Gasteiger partial charge in [-0.2, -0.15) is 0 Å². The standard InChI is InChI=1S/C21H23NO/c1-14(2)16-5-7-17(8-6-16)18-9-11-19(12-10-18)20-13-4-15(3)22-21(20)23/h5-12,14,20H,3-4,13H2,1-2H3,(H,22,23). The van der Waals surface area contributed by atoms with Gasteiger partial charge in [-0.05, 0) is 41.0 Å². The predicted octanol–water partition coefficient (Wildman–Crippen LogP) is 4.98. The maximum Gasteiger partial charge on any atom is 0.231 e. The fraction of sp³-hybridized carbons (Fsp3) is 0.286. The molecule has 1 heterocycles. The van der Waals surface area contributed by atoms with Crippen molar-refractivity contribution >= 4 is 5.91 Å². The molecule has 1 aliphatic rings. The number of allylic oxidation sites excluding steroid dienone is 1. The lowest BCUT2D eigenvalue weighted by Gasteiger charge is -2.23. The third-order valence-corrected chi connectivity index (χ3v) is 4.57. The van der Waals surface area contributed by atoms with E-state index in [9.17, 15) is 4.79 Å². The van der Waals surface area contributed by atoms with Gasteiger partial charge in [-0.3, -0.25) is 4.79 Å². The van der Waals surface area contributed by atoms with Crippen LogP contribution in [0, 0.1) is 0 Å². The third kappa shape index (κ3) is 3.37. The van der Waals surface area contributed by atoms with E-state index in [1.54, 1.807) is 0 Å². The highest BCUT2D eigenvalue weighted by atomic mass is 16.1. The van der Waals surface area contributed by atoms with Crippen LogP contribution in [0.1, 0.15) is 49.7 Å². The van der Waals surface area contributed by atoms with E-state index in [1.807, 2.05) is 0 Å². The van der Waals surface area contributed by atoms with Gasteiger partial charge in [0.2, 0.25) is 5.91 Å². The van der Waals surface area contributed by atoms with Crippen molar-refractivity contribution in [3.8, 4) is 11.1 Å². The van der Waals surface area contributed by atoms with Crippen molar-refractivity contribution in [3.63, 3.8) is 0 Å². The zero-order valence-corrected chi connectivity index (χ0v) is 13.8. The molecule has 3 rings (SSSR count). The number of carbonyl (C=O) groups excluding carboxylic acids is 1. The molecule has 1 amide bonds. The molecule has 1 atom stereocenters. The van der Waals surface area contributed by atoms with Crippen LogP contribution in [0.25, 0.3) is 11.1 Å². The summed E-state index contributed by atoms with van der Waals surface area (Å²) < 4.78 is 0. The second-order valence-corrected chi connectivity index (χ2v) is 6.58. The van der Waals surface area contributed by atoms with Gasteiger partial charge in [0.1, 0.15) is 0 Å². The molecule has 0 spiro atoms. The number of benzene rings is 2. The molecule has 0 saturated carbocycles. The van der Waals surface area contributed by atoms with E-state index in [-0.39, 0.29) is 11.8 Å². The number of carbonyl (C=O) groups is 1. The Bertz CT molecular complexity index is 711. The van der Waals surface area contributed by atoms with Crippen LogP contribution in [0.4, 0.5) is 0 Å². The second-order valence-electron chi connectivity index (χ2n) is 6.58. The number of hydrogen-bond acceptors (Lipinski definition) is 1. The minimum Gasteiger partial charge on any atom is -0.330 e. The maximum atomic E-state index is 12.1. The lowest BCUT2D eigenvalue weighted by Crippen LogP contribution is -2.33. The zero-order valence-electron chi connectivity index (χ0n) is 13.8. The zero-order chi connectivity index (χ0) is 16.4. The molecule has 0 radical (unpaired) electrons. The average molecular weight is 305 g/mol. The number of nitrogens with one attached hydrogen (secondary N) is 1. The van der Waals surface area contributed by atoms with Gasteiger partial charge in [0.25, 0.3) is 0 Å². The summed E-state index contributed by atoms with van der Waals surface area (Å²) in [5.74, 6) is 0.555. The van der Waals surface area contributed by atoms with Crippen LogP contribution in [0.5, 0.6) is 0 Å².